The van der Waals surface area contributed by atoms with Gasteiger partial charge in [0.1, 0.15) is 5.75 Å². The van der Waals surface area contributed by atoms with Gasteiger partial charge < -0.3 is 15.2 Å². The van der Waals surface area contributed by atoms with Crippen molar-refractivity contribution >= 4 is 5.69 Å². The van der Waals surface area contributed by atoms with Crippen LogP contribution in [-0.4, -0.2) is 12.1 Å². The maximum absolute atomic E-state index is 5.84. The summed E-state index contributed by atoms with van der Waals surface area (Å²) in [6, 6.07) is 9.00. The summed E-state index contributed by atoms with van der Waals surface area (Å²) in [4.78, 5) is 4.15. The highest BCUT2D eigenvalue weighted by atomic mass is 16.5. The van der Waals surface area contributed by atoms with Crippen molar-refractivity contribution in [3.05, 3.63) is 42.1 Å². The fourth-order valence-electron chi connectivity index (χ4n) is 1.37. The SMILES string of the molecule is COc1ccc(Oc2ccc(C)cn2)c(N)c1. The minimum atomic E-state index is 0.520. The molecule has 0 radical (unpaired) electrons. The minimum Gasteiger partial charge on any atom is -0.497 e. The van der Waals surface area contributed by atoms with Gasteiger partial charge in [0.05, 0.1) is 12.8 Å². The first-order chi connectivity index (χ1) is 8.19. The molecule has 1 heterocycles. The summed E-state index contributed by atoms with van der Waals surface area (Å²) in [7, 11) is 1.59. The van der Waals surface area contributed by atoms with Gasteiger partial charge in [-0.2, -0.15) is 0 Å². The normalized spacial score (nSPS) is 10.0. The number of aromatic nitrogens is 1. The van der Waals surface area contributed by atoms with Gasteiger partial charge in [0.15, 0.2) is 5.75 Å². The molecule has 0 amide bonds. The Hall–Kier alpha value is -2.23. The maximum Gasteiger partial charge on any atom is 0.219 e. The highest BCUT2D eigenvalue weighted by molar-refractivity contribution is 5.57. The van der Waals surface area contributed by atoms with Crippen molar-refractivity contribution in [2.24, 2.45) is 0 Å². The lowest BCUT2D eigenvalue weighted by Crippen LogP contribution is -1.94. The topological polar surface area (TPSA) is 57.4 Å². The highest BCUT2D eigenvalue weighted by Gasteiger charge is 2.04. The van der Waals surface area contributed by atoms with Crippen LogP contribution < -0.4 is 15.2 Å². The molecule has 0 aliphatic carbocycles. The quantitative estimate of drug-likeness (QED) is 0.824. The first-order valence-electron chi connectivity index (χ1n) is 5.23. The lowest BCUT2D eigenvalue weighted by atomic mass is 10.3. The fourth-order valence-corrected chi connectivity index (χ4v) is 1.37. The number of hydrogen-bond donors (Lipinski definition) is 1. The molecule has 0 atom stereocenters. The van der Waals surface area contributed by atoms with Crippen LogP contribution >= 0.6 is 0 Å². The van der Waals surface area contributed by atoms with Gasteiger partial charge in [-0.05, 0) is 24.6 Å². The smallest absolute Gasteiger partial charge is 0.219 e. The van der Waals surface area contributed by atoms with Gasteiger partial charge in [-0.1, -0.05) is 6.07 Å². The molecular weight excluding hydrogens is 216 g/mol. The van der Waals surface area contributed by atoms with E-state index < -0.39 is 0 Å². The van der Waals surface area contributed by atoms with E-state index in [9.17, 15) is 0 Å². The summed E-state index contributed by atoms with van der Waals surface area (Å²) in [5, 5.41) is 0. The molecule has 0 fully saturated rings. The van der Waals surface area contributed by atoms with Gasteiger partial charge in [-0.3, -0.25) is 0 Å². The minimum absolute atomic E-state index is 0.520. The van der Waals surface area contributed by atoms with Crippen LogP contribution in [0, 0.1) is 6.92 Å². The Morgan fingerprint density at radius 1 is 1.18 bits per heavy atom. The molecule has 0 bridgehead atoms. The average Bonchev–Trinajstić information content (AvgIpc) is 2.34. The number of pyridine rings is 1. The third-order valence-corrected chi connectivity index (χ3v) is 2.32. The number of rotatable bonds is 3. The number of nitrogens with zero attached hydrogens (tertiary/aromatic N) is 1. The molecule has 0 unspecified atom stereocenters. The van der Waals surface area contributed by atoms with E-state index in [1.54, 1.807) is 37.6 Å². The van der Waals surface area contributed by atoms with E-state index in [-0.39, 0.29) is 0 Å². The fraction of sp³-hybridized carbons (Fsp3) is 0.154. The molecule has 2 aromatic rings. The summed E-state index contributed by atoms with van der Waals surface area (Å²) in [6.07, 6.45) is 1.75. The molecule has 0 saturated heterocycles. The molecule has 1 aromatic heterocycles. The van der Waals surface area contributed by atoms with Gasteiger partial charge in [-0.25, -0.2) is 4.98 Å². The predicted octanol–water partition coefficient (Wildman–Crippen LogP) is 2.77. The highest BCUT2D eigenvalue weighted by Crippen LogP contribution is 2.29. The number of methoxy groups -OCH3 is 1. The largest absolute Gasteiger partial charge is 0.497 e. The van der Waals surface area contributed by atoms with Crippen LogP contribution in [0.25, 0.3) is 0 Å². The summed E-state index contributed by atoms with van der Waals surface area (Å²) in [5.41, 5.74) is 7.45. The van der Waals surface area contributed by atoms with Gasteiger partial charge >= 0.3 is 0 Å². The molecule has 0 aliphatic heterocycles. The Balaban J connectivity index is 2.21. The lowest BCUT2D eigenvalue weighted by molar-refractivity contribution is 0.412. The summed E-state index contributed by atoms with van der Waals surface area (Å²) in [5.74, 6) is 1.79. The molecule has 88 valence electrons. The maximum atomic E-state index is 5.84. The third-order valence-electron chi connectivity index (χ3n) is 2.32. The number of anilines is 1. The van der Waals surface area contributed by atoms with Gasteiger partial charge in [0.2, 0.25) is 5.88 Å². The van der Waals surface area contributed by atoms with Crippen LogP contribution in [0.4, 0.5) is 5.69 Å². The number of aryl methyl sites for hydroxylation is 1. The molecule has 4 nitrogen and oxygen atoms in total. The van der Waals surface area contributed by atoms with E-state index in [1.165, 1.54) is 0 Å². The second kappa shape index (κ2) is 4.74. The van der Waals surface area contributed by atoms with Crippen LogP contribution in [0.1, 0.15) is 5.56 Å². The molecule has 0 aliphatic rings. The van der Waals surface area contributed by atoms with Crippen molar-refractivity contribution in [3.63, 3.8) is 0 Å². The molecule has 0 saturated carbocycles. The van der Waals surface area contributed by atoms with Gasteiger partial charge in [-0.15, -0.1) is 0 Å². The third kappa shape index (κ3) is 2.66. The zero-order chi connectivity index (χ0) is 12.3. The van der Waals surface area contributed by atoms with Crippen molar-refractivity contribution in [1.82, 2.24) is 4.98 Å². The standard InChI is InChI=1S/C13H14N2O2/c1-9-3-6-13(15-8-9)17-12-5-4-10(16-2)7-11(12)14/h3-8H,14H2,1-2H3. The first-order valence-corrected chi connectivity index (χ1v) is 5.23. The van der Waals surface area contributed by atoms with E-state index in [2.05, 4.69) is 4.98 Å². The molecular formula is C13H14N2O2. The Morgan fingerprint density at radius 2 is 2.00 bits per heavy atom. The zero-order valence-electron chi connectivity index (χ0n) is 9.81. The van der Waals surface area contributed by atoms with Crippen molar-refractivity contribution in [1.29, 1.82) is 0 Å². The number of nitrogens with two attached hydrogens (primary N) is 1. The van der Waals surface area contributed by atoms with Crippen LogP contribution in [0.3, 0.4) is 0 Å². The molecule has 4 heteroatoms. The van der Waals surface area contributed by atoms with Crippen LogP contribution in [0.2, 0.25) is 0 Å². The second-order valence-electron chi connectivity index (χ2n) is 3.68. The molecule has 2 rings (SSSR count). The predicted molar refractivity (Wildman–Crippen MR) is 66.5 cm³/mol. The Kier molecular flexibility index (Phi) is 3.14. The Bertz CT molecular complexity index is 509. The van der Waals surface area contributed by atoms with E-state index in [1.807, 2.05) is 13.0 Å². The Labute approximate surface area is 100 Å². The number of benzene rings is 1. The van der Waals surface area contributed by atoms with Crippen LogP contribution in [0.15, 0.2) is 36.5 Å². The number of nitrogen functional groups attached to an aromatic ring is 1. The second-order valence-corrected chi connectivity index (χ2v) is 3.68. The van der Waals surface area contributed by atoms with E-state index >= 15 is 0 Å². The molecule has 1 aromatic carbocycles. The van der Waals surface area contributed by atoms with Crippen molar-refractivity contribution in [3.8, 4) is 17.4 Å². The molecule has 17 heavy (non-hydrogen) atoms. The molecule has 2 N–H and O–H groups in total. The van der Waals surface area contributed by atoms with E-state index in [0.717, 1.165) is 5.56 Å². The van der Waals surface area contributed by atoms with E-state index in [0.29, 0.717) is 23.1 Å². The average molecular weight is 230 g/mol. The Morgan fingerprint density at radius 3 is 2.59 bits per heavy atom. The molecule has 0 spiro atoms. The summed E-state index contributed by atoms with van der Waals surface area (Å²) >= 11 is 0. The summed E-state index contributed by atoms with van der Waals surface area (Å²) in [6.45, 7) is 1.97. The van der Waals surface area contributed by atoms with E-state index in [4.69, 9.17) is 15.2 Å². The van der Waals surface area contributed by atoms with Gasteiger partial charge in [0, 0.05) is 18.3 Å². The van der Waals surface area contributed by atoms with Crippen molar-refractivity contribution < 1.29 is 9.47 Å². The van der Waals surface area contributed by atoms with Crippen LogP contribution in [0.5, 0.6) is 17.4 Å². The lowest BCUT2D eigenvalue weighted by Gasteiger charge is -2.08. The first kappa shape index (κ1) is 11.3. The van der Waals surface area contributed by atoms with Crippen molar-refractivity contribution in [2.45, 2.75) is 6.92 Å². The zero-order valence-corrected chi connectivity index (χ0v) is 9.81. The number of ether oxygens (including phenoxy) is 2. The van der Waals surface area contributed by atoms with Gasteiger partial charge in [0.25, 0.3) is 0 Å². The van der Waals surface area contributed by atoms with Crippen molar-refractivity contribution in [2.75, 3.05) is 12.8 Å². The monoisotopic (exact) mass is 230 g/mol. The van der Waals surface area contributed by atoms with Crippen LogP contribution in [-0.2, 0) is 0 Å². The summed E-state index contributed by atoms with van der Waals surface area (Å²) < 4.78 is 10.6. The number of hydrogen-bond acceptors (Lipinski definition) is 4.